The number of nitrogens with zero attached hydrogens (tertiary/aromatic N) is 2. The third-order valence-corrected chi connectivity index (χ3v) is 6.29. The SMILES string of the molecule is CSc1ccccc1-c1ccc(OCc2cc(C(F)(F)F)nn2-c2c(Cl)cccc2Cl)cc1. The van der Waals surface area contributed by atoms with Crippen molar-refractivity contribution in [1.29, 1.82) is 0 Å². The van der Waals surface area contributed by atoms with Gasteiger partial charge in [-0.15, -0.1) is 11.8 Å². The first-order valence-electron chi connectivity index (χ1n) is 9.74. The summed E-state index contributed by atoms with van der Waals surface area (Å²) < 4.78 is 46.9. The number of rotatable bonds is 6. The van der Waals surface area contributed by atoms with Crippen LogP contribution in [0.2, 0.25) is 10.0 Å². The van der Waals surface area contributed by atoms with Crippen molar-refractivity contribution in [3.05, 3.63) is 94.2 Å². The van der Waals surface area contributed by atoms with E-state index in [0.29, 0.717) is 5.75 Å². The molecule has 3 nitrogen and oxygen atoms in total. The fourth-order valence-corrected chi connectivity index (χ4v) is 4.50. The van der Waals surface area contributed by atoms with Gasteiger partial charge in [0.2, 0.25) is 0 Å². The molecule has 0 N–H and O–H groups in total. The highest BCUT2D eigenvalue weighted by Gasteiger charge is 2.35. The fourth-order valence-electron chi connectivity index (χ4n) is 3.32. The molecule has 4 rings (SSSR count). The Hall–Kier alpha value is -2.61. The van der Waals surface area contributed by atoms with Crippen molar-refractivity contribution in [2.45, 2.75) is 17.7 Å². The van der Waals surface area contributed by atoms with E-state index in [0.717, 1.165) is 26.8 Å². The van der Waals surface area contributed by atoms with Crippen molar-refractivity contribution >= 4 is 35.0 Å². The molecule has 0 spiro atoms. The number of hydrogen-bond acceptors (Lipinski definition) is 3. The van der Waals surface area contributed by atoms with Gasteiger partial charge in [0.15, 0.2) is 5.69 Å². The zero-order valence-corrected chi connectivity index (χ0v) is 19.6. The number of benzene rings is 3. The Balaban J connectivity index is 1.61. The number of alkyl halides is 3. The first-order chi connectivity index (χ1) is 15.8. The van der Waals surface area contributed by atoms with E-state index in [1.165, 1.54) is 12.1 Å². The summed E-state index contributed by atoms with van der Waals surface area (Å²) in [6, 6.07) is 21.0. The van der Waals surface area contributed by atoms with Crippen LogP contribution >= 0.6 is 35.0 Å². The molecule has 0 atom stereocenters. The summed E-state index contributed by atoms with van der Waals surface area (Å²) in [5, 5.41) is 4.06. The minimum Gasteiger partial charge on any atom is -0.487 e. The first-order valence-corrected chi connectivity index (χ1v) is 11.7. The number of ether oxygens (including phenoxy) is 1. The molecule has 0 saturated heterocycles. The third kappa shape index (κ3) is 5.16. The maximum absolute atomic E-state index is 13.3. The second-order valence-electron chi connectivity index (χ2n) is 7.01. The number of thioether (sulfide) groups is 1. The Labute approximate surface area is 203 Å². The van der Waals surface area contributed by atoms with Gasteiger partial charge in [-0.3, -0.25) is 0 Å². The molecule has 1 aromatic heterocycles. The molecule has 0 bridgehead atoms. The molecule has 0 aliphatic rings. The summed E-state index contributed by atoms with van der Waals surface area (Å²) in [6.45, 7) is -0.161. The Bertz CT molecular complexity index is 1250. The van der Waals surface area contributed by atoms with Gasteiger partial charge in [-0.2, -0.15) is 18.3 Å². The predicted molar refractivity (Wildman–Crippen MR) is 127 cm³/mol. The zero-order valence-electron chi connectivity index (χ0n) is 17.2. The zero-order chi connectivity index (χ0) is 23.6. The van der Waals surface area contributed by atoms with Gasteiger partial charge in [-0.1, -0.05) is 59.6 Å². The van der Waals surface area contributed by atoms with Gasteiger partial charge >= 0.3 is 6.18 Å². The van der Waals surface area contributed by atoms with E-state index in [9.17, 15) is 13.2 Å². The lowest BCUT2D eigenvalue weighted by atomic mass is 10.1. The first kappa shape index (κ1) is 23.5. The van der Waals surface area contributed by atoms with Crippen LogP contribution < -0.4 is 4.74 Å². The minimum absolute atomic E-state index is 0.161. The Kier molecular flexibility index (Phi) is 6.93. The maximum atomic E-state index is 13.3. The quantitative estimate of drug-likeness (QED) is 0.246. The van der Waals surface area contributed by atoms with Gasteiger partial charge < -0.3 is 4.74 Å². The lowest BCUT2D eigenvalue weighted by molar-refractivity contribution is -0.141. The fraction of sp³-hybridized carbons (Fsp3) is 0.125. The summed E-state index contributed by atoms with van der Waals surface area (Å²) in [5.74, 6) is 0.506. The van der Waals surface area contributed by atoms with Crippen LogP contribution in [0.15, 0.2) is 77.7 Å². The molecule has 0 aliphatic heterocycles. The number of para-hydroxylation sites is 1. The molecule has 9 heteroatoms. The molecule has 0 aliphatic carbocycles. The van der Waals surface area contributed by atoms with E-state index in [4.69, 9.17) is 27.9 Å². The van der Waals surface area contributed by atoms with Crippen LogP contribution in [0.1, 0.15) is 11.4 Å². The van der Waals surface area contributed by atoms with Gasteiger partial charge in [-0.05, 0) is 53.8 Å². The Morgan fingerprint density at radius 1 is 0.939 bits per heavy atom. The van der Waals surface area contributed by atoms with E-state index < -0.39 is 11.9 Å². The Morgan fingerprint density at radius 3 is 2.24 bits per heavy atom. The van der Waals surface area contributed by atoms with Crippen molar-refractivity contribution < 1.29 is 17.9 Å². The van der Waals surface area contributed by atoms with Crippen LogP contribution in [-0.2, 0) is 12.8 Å². The summed E-state index contributed by atoms with van der Waals surface area (Å²) in [7, 11) is 0. The summed E-state index contributed by atoms with van der Waals surface area (Å²) >= 11 is 14.1. The van der Waals surface area contributed by atoms with E-state index in [1.807, 2.05) is 42.7 Å². The standard InChI is InChI=1S/C24H17Cl2F3N2OS/c1-33-21-8-3-2-5-18(21)15-9-11-17(12-10-15)32-14-16-13-22(24(27,28)29)30-31(16)23-19(25)6-4-7-20(23)26/h2-13H,14H2,1H3. The second-order valence-corrected chi connectivity index (χ2v) is 8.68. The van der Waals surface area contributed by atoms with E-state index in [-0.39, 0.29) is 28.0 Å². The average molecular weight is 509 g/mol. The van der Waals surface area contributed by atoms with Crippen molar-refractivity contribution in [1.82, 2.24) is 9.78 Å². The highest BCUT2D eigenvalue weighted by atomic mass is 35.5. The number of halogens is 5. The van der Waals surface area contributed by atoms with Gasteiger partial charge in [-0.25, -0.2) is 4.68 Å². The molecular weight excluding hydrogens is 492 g/mol. The molecule has 33 heavy (non-hydrogen) atoms. The van der Waals surface area contributed by atoms with Crippen LogP contribution in [0.5, 0.6) is 5.75 Å². The molecule has 0 radical (unpaired) electrons. The lowest BCUT2D eigenvalue weighted by Crippen LogP contribution is -2.09. The monoisotopic (exact) mass is 508 g/mol. The van der Waals surface area contributed by atoms with Crippen LogP contribution in [-0.4, -0.2) is 16.0 Å². The highest BCUT2D eigenvalue weighted by molar-refractivity contribution is 7.98. The van der Waals surface area contributed by atoms with Gasteiger partial charge in [0, 0.05) is 4.90 Å². The molecule has 170 valence electrons. The van der Waals surface area contributed by atoms with E-state index in [1.54, 1.807) is 30.0 Å². The van der Waals surface area contributed by atoms with Crippen LogP contribution in [0.3, 0.4) is 0 Å². The lowest BCUT2D eigenvalue weighted by Gasteiger charge is -2.12. The summed E-state index contributed by atoms with van der Waals surface area (Å²) in [4.78, 5) is 1.14. The van der Waals surface area contributed by atoms with Crippen molar-refractivity contribution in [3.63, 3.8) is 0 Å². The van der Waals surface area contributed by atoms with Crippen LogP contribution in [0.25, 0.3) is 16.8 Å². The molecule has 1 heterocycles. The molecule has 0 amide bonds. The van der Waals surface area contributed by atoms with Gasteiger partial charge in [0.1, 0.15) is 18.0 Å². The molecule has 0 unspecified atom stereocenters. The number of aromatic nitrogens is 2. The predicted octanol–water partition coefficient (Wildman–Crippen LogP) is 8.17. The molecule has 4 aromatic rings. The maximum Gasteiger partial charge on any atom is 0.435 e. The van der Waals surface area contributed by atoms with Crippen molar-refractivity contribution in [2.75, 3.05) is 6.26 Å². The van der Waals surface area contributed by atoms with Crippen LogP contribution in [0, 0.1) is 0 Å². The topological polar surface area (TPSA) is 27.1 Å². The molecular formula is C24H17Cl2F3N2OS. The molecule has 0 saturated carbocycles. The smallest absolute Gasteiger partial charge is 0.435 e. The third-order valence-electron chi connectivity index (χ3n) is 4.88. The number of hydrogen-bond donors (Lipinski definition) is 0. The molecule has 3 aromatic carbocycles. The summed E-state index contributed by atoms with van der Waals surface area (Å²) in [5.41, 5.74) is 1.38. The Morgan fingerprint density at radius 2 is 1.61 bits per heavy atom. The minimum atomic E-state index is -4.62. The normalized spacial score (nSPS) is 11.6. The molecule has 0 fully saturated rings. The van der Waals surface area contributed by atoms with Crippen LogP contribution in [0.4, 0.5) is 13.2 Å². The van der Waals surface area contributed by atoms with Gasteiger partial charge in [0.05, 0.1) is 15.7 Å². The van der Waals surface area contributed by atoms with E-state index >= 15 is 0 Å². The second kappa shape index (κ2) is 9.71. The summed E-state index contributed by atoms with van der Waals surface area (Å²) in [6.07, 6.45) is -2.61. The highest BCUT2D eigenvalue weighted by Crippen LogP contribution is 2.34. The van der Waals surface area contributed by atoms with E-state index in [2.05, 4.69) is 5.10 Å². The van der Waals surface area contributed by atoms with Gasteiger partial charge in [0.25, 0.3) is 0 Å². The van der Waals surface area contributed by atoms with Crippen molar-refractivity contribution in [2.24, 2.45) is 0 Å². The average Bonchev–Trinajstić information content (AvgIpc) is 3.22. The van der Waals surface area contributed by atoms with Crippen molar-refractivity contribution in [3.8, 4) is 22.6 Å². The largest absolute Gasteiger partial charge is 0.487 e.